The van der Waals surface area contributed by atoms with Gasteiger partial charge in [-0.05, 0) is 37.1 Å². The minimum absolute atomic E-state index is 0.0922. The maximum atomic E-state index is 14.6. The molecule has 2 heterocycles. The zero-order chi connectivity index (χ0) is 20.0. The number of carbonyl (C=O) groups excluding carboxylic acids is 1. The van der Waals surface area contributed by atoms with Crippen LogP contribution in [0.2, 0.25) is 5.02 Å². The highest BCUT2D eigenvalue weighted by Gasteiger charge is 2.43. The highest BCUT2D eigenvalue weighted by molar-refractivity contribution is 6.32. The van der Waals surface area contributed by atoms with Crippen LogP contribution in [-0.4, -0.2) is 29.1 Å². The lowest BCUT2D eigenvalue weighted by Gasteiger charge is -2.25. The summed E-state index contributed by atoms with van der Waals surface area (Å²) in [5.41, 5.74) is 0.866. The molecule has 0 saturated carbocycles. The van der Waals surface area contributed by atoms with Crippen molar-refractivity contribution in [3.63, 3.8) is 0 Å². The normalized spacial score (nSPS) is 16.1. The van der Waals surface area contributed by atoms with Crippen molar-refractivity contribution in [1.82, 2.24) is 4.90 Å². The number of benzene rings is 2. The minimum Gasteiger partial charge on any atom is -0.450 e. The van der Waals surface area contributed by atoms with Crippen molar-refractivity contribution in [2.24, 2.45) is 0 Å². The van der Waals surface area contributed by atoms with Crippen LogP contribution in [-0.2, 0) is 0 Å². The highest BCUT2D eigenvalue weighted by Crippen LogP contribution is 2.39. The number of aryl methyl sites for hydroxylation is 1. The van der Waals surface area contributed by atoms with Crippen molar-refractivity contribution in [2.75, 3.05) is 13.2 Å². The molecule has 4 rings (SSSR count). The lowest BCUT2D eigenvalue weighted by atomic mass is 9.97. The van der Waals surface area contributed by atoms with E-state index in [4.69, 9.17) is 16.0 Å². The van der Waals surface area contributed by atoms with Crippen LogP contribution in [0, 0.1) is 12.7 Å². The van der Waals surface area contributed by atoms with Crippen LogP contribution in [0.3, 0.4) is 0 Å². The molecule has 144 valence electrons. The maximum absolute atomic E-state index is 14.6. The SMILES string of the molecule is Cc1cc2oc3c(c(=O)c2cc1Cl)[C@H](c1ccccc1F)N(CCCO)C3=O. The van der Waals surface area contributed by atoms with Crippen LogP contribution >= 0.6 is 11.6 Å². The molecule has 1 atom stereocenters. The number of hydrogen-bond acceptors (Lipinski definition) is 4. The number of amides is 1. The van der Waals surface area contributed by atoms with E-state index < -0.39 is 23.2 Å². The van der Waals surface area contributed by atoms with E-state index in [1.165, 1.54) is 17.0 Å². The lowest BCUT2D eigenvalue weighted by molar-refractivity contribution is 0.0714. The lowest BCUT2D eigenvalue weighted by Crippen LogP contribution is -2.31. The van der Waals surface area contributed by atoms with Crippen LogP contribution in [0.15, 0.2) is 45.6 Å². The standard InChI is InChI=1S/C21H17ClFNO4/c1-11-9-16-13(10-14(11)22)19(26)17-18(12-5-2-3-6-15(12)23)24(7-4-8-25)21(27)20(17)28-16/h2-3,5-6,9-10,18,25H,4,7-8H2,1H3/t18-/m0/s1. The molecular weight excluding hydrogens is 385 g/mol. The fourth-order valence-electron chi connectivity index (χ4n) is 3.63. The van der Waals surface area contributed by atoms with Gasteiger partial charge in [-0.25, -0.2) is 4.39 Å². The Morgan fingerprint density at radius 2 is 2.00 bits per heavy atom. The Hall–Kier alpha value is -2.70. The largest absolute Gasteiger partial charge is 0.450 e. The summed E-state index contributed by atoms with van der Waals surface area (Å²) in [6, 6.07) is 8.22. The molecule has 0 bridgehead atoms. The Balaban J connectivity index is 2.02. The average molecular weight is 402 g/mol. The summed E-state index contributed by atoms with van der Waals surface area (Å²) >= 11 is 6.17. The molecule has 1 aliphatic rings. The molecule has 1 aliphatic heterocycles. The number of halogens is 2. The van der Waals surface area contributed by atoms with E-state index in [1.54, 1.807) is 31.2 Å². The number of nitrogens with zero attached hydrogens (tertiary/aromatic N) is 1. The summed E-state index contributed by atoms with van der Waals surface area (Å²) in [5.74, 6) is -1.11. The van der Waals surface area contributed by atoms with E-state index in [-0.39, 0.29) is 41.0 Å². The molecule has 28 heavy (non-hydrogen) atoms. The smallest absolute Gasteiger partial charge is 0.290 e. The summed E-state index contributed by atoms with van der Waals surface area (Å²) in [4.78, 5) is 27.7. The third-order valence-corrected chi connectivity index (χ3v) is 5.41. The molecule has 0 radical (unpaired) electrons. The molecule has 1 amide bonds. The van der Waals surface area contributed by atoms with Gasteiger partial charge in [-0.15, -0.1) is 0 Å². The topological polar surface area (TPSA) is 70.8 Å². The van der Waals surface area contributed by atoms with E-state index in [0.717, 1.165) is 0 Å². The van der Waals surface area contributed by atoms with E-state index in [1.807, 2.05) is 0 Å². The van der Waals surface area contributed by atoms with E-state index in [2.05, 4.69) is 0 Å². The highest BCUT2D eigenvalue weighted by atomic mass is 35.5. The molecule has 2 aromatic carbocycles. The number of rotatable bonds is 4. The van der Waals surface area contributed by atoms with Crippen molar-refractivity contribution in [3.05, 3.63) is 79.9 Å². The van der Waals surface area contributed by atoms with Crippen LogP contribution < -0.4 is 5.43 Å². The van der Waals surface area contributed by atoms with Gasteiger partial charge in [0.25, 0.3) is 5.91 Å². The Labute approximate surface area is 165 Å². The fraction of sp³-hybridized carbons (Fsp3) is 0.238. The average Bonchev–Trinajstić information content (AvgIpc) is 2.94. The van der Waals surface area contributed by atoms with Gasteiger partial charge < -0.3 is 14.4 Å². The van der Waals surface area contributed by atoms with Crippen LogP contribution in [0.5, 0.6) is 0 Å². The molecular formula is C21H17ClFNO4. The Morgan fingerprint density at radius 1 is 1.25 bits per heavy atom. The van der Waals surface area contributed by atoms with Gasteiger partial charge in [0, 0.05) is 23.7 Å². The predicted molar refractivity (Wildman–Crippen MR) is 103 cm³/mol. The summed E-state index contributed by atoms with van der Waals surface area (Å²) in [7, 11) is 0. The monoisotopic (exact) mass is 401 g/mol. The Morgan fingerprint density at radius 3 is 2.71 bits per heavy atom. The number of aliphatic hydroxyl groups is 1. The van der Waals surface area contributed by atoms with Gasteiger partial charge in [0.1, 0.15) is 11.4 Å². The van der Waals surface area contributed by atoms with Crippen molar-refractivity contribution >= 4 is 28.5 Å². The van der Waals surface area contributed by atoms with Crippen LogP contribution in [0.4, 0.5) is 4.39 Å². The van der Waals surface area contributed by atoms with E-state index in [0.29, 0.717) is 17.0 Å². The molecule has 0 aliphatic carbocycles. The molecule has 0 unspecified atom stereocenters. The molecule has 5 nitrogen and oxygen atoms in total. The maximum Gasteiger partial charge on any atom is 0.290 e. The molecule has 1 N–H and O–H groups in total. The van der Waals surface area contributed by atoms with Gasteiger partial charge >= 0.3 is 0 Å². The molecule has 0 saturated heterocycles. The van der Waals surface area contributed by atoms with Gasteiger partial charge in [0.15, 0.2) is 5.43 Å². The molecule has 3 aromatic rings. The Kier molecular flexibility index (Phi) is 4.69. The quantitative estimate of drug-likeness (QED) is 0.721. The Bertz CT molecular complexity index is 1160. The van der Waals surface area contributed by atoms with E-state index in [9.17, 15) is 19.1 Å². The van der Waals surface area contributed by atoms with Crippen molar-refractivity contribution in [3.8, 4) is 0 Å². The van der Waals surface area contributed by atoms with E-state index >= 15 is 0 Å². The number of aliphatic hydroxyl groups excluding tert-OH is 1. The third-order valence-electron chi connectivity index (χ3n) is 5.00. The second kappa shape index (κ2) is 7.04. The first kappa shape index (κ1) is 18.7. The first-order valence-electron chi connectivity index (χ1n) is 8.87. The van der Waals surface area contributed by atoms with Crippen molar-refractivity contribution in [2.45, 2.75) is 19.4 Å². The summed E-state index contributed by atoms with van der Waals surface area (Å²) in [6.45, 7) is 1.79. The second-order valence-electron chi connectivity index (χ2n) is 6.77. The number of fused-ring (bicyclic) bond motifs is 2. The fourth-order valence-corrected chi connectivity index (χ4v) is 3.80. The first-order chi connectivity index (χ1) is 13.4. The third kappa shape index (κ3) is 2.80. The van der Waals surface area contributed by atoms with Crippen molar-refractivity contribution < 1.29 is 18.7 Å². The first-order valence-corrected chi connectivity index (χ1v) is 9.25. The summed E-state index contributed by atoms with van der Waals surface area (Å²) in [6.07, 6.45) is 0.295. The van der Waals surface area contributed by atoms with Gasteiger partial charge in [-0.1, -0.05) is 29.8 Å². The van der Waals surface area contributed by atoms with Crippen LogP contribution in [0.25, 0.3) is 11.0 Å². The van der Waals surface area contributed by atoms with Gasteiger partial charge in [-0.2, -0.15) is 0 Å². The van der Waals surface area contributed by atoms with Gasteiger partial charge in [0.2, 0.25) is 5.76 Å². The van der Waals surface area contributed by atoms with Gasteiger partial charge in [-0.3, -0.25) is 9.59 Å². The number of hydrogen-bond donors (Lipinski definition) is 1. The van der Waals surface area contributed by atoms with Crippen LogP contribution in [0.1, 0.15) is 39.7 Å². The van der Waals surface area contributed by atoms with Crippen molar-refractivity contribution in [1.29, 1.82) is 0 Å². The second-order valence-corrected chi connectivity index (χ2v) is 7.18. The molecule has 0 spiro atoms. The number of carbonyl (C=O) groups is 1. The predicted octanol–water partition coefficient (Wildman–Crippen LogP) is 3.82. The molecule has 0 fully saturated rings. The zero-order valence-electron chi connectivity index (χ0n) is 15.0. The zero-order valence-corrected chi connectivity index (χ0v) is 15.8. The summed E-state index contributed by atoms with van der Waals surface area (Å²) in [5, 5.41) is 9.85. The van der Waals surface area contributed by atoms with Gasteiger partial charge in [0.05, 0.1) is 17.0 Å². The molecule has 7 heteroatoms. The minimum atomic E-state index is -0.920. The summed E-state index contributed by atoms with van der Waals surface area (Å²) < 4.78 is 20.4. The molecule has 1 aromatic heterocycles.